The Morgan fingerprint density at radius 1 is 1.53 bits per heavy atom. The van der Waals surface area contributed by atoms with Gasteiger partial charge in [0.25, 0.3) is 0 Å². The second-order valence-corrected chi connectivity index (χ2v) is 3.50. The third-order valence-corrected chi connectivity index (χ3v) is 2.11. The Balaban J connectivity index is 2.73. The summed E-state index contributed by atoms with van der Waals surface area (Å²) in [4.78, 5) is 4.21. The first-order valence-corrected chi connectivity index (χ1v) is 5.46. The molecule has 0 aliphatic carbocycles. The molecule has 6 nitrogen and oxygen atoms in total. The smallest absolute Gasteiger partial charge is 0.239 e. The van der Waals surface area contributed by atoms with E-state index in [1.807, 2.05) is 6.92 Å². The minimum atomic E-state index is -0.203. The highest BCUT2D eigenvalue weighted by Crippen LogP contribution is 2.21. The molecule has 1 atom stereocenters. The van der Waals surface area contributed by atoms with Crippen molar-refractivity contribution in [3.8, 4) is 5.88 Å². The third-order valence-electron chi connectivity index (χ3n) is 2.11. The molecule has 17 heavy (non-hydrogen) atoms. The van der Waals surface area contributed by atoms with Gasteiger partial charge in [-0.05, 0) is 19.1 Å². The fourth-order valence-electron chi connectivity index (χ4n) is 1.33. The number of methoxy groups -OCH3 is 1. The van der Waals surface area contributed by atoms with Crippen LogP contribution in [0, 0.1) is 0 Å². The molecular weight excluding hydrogens is 222 g/mol. The van der Waals surface area contributed by atoms with Crippen LogP contribution in [-0.4, -0.2) is 43.1 Å². The molecule has 0 spiro atoms. The SMILES string of the molecule is CCOc1nc(NC(CO)COC)ccc1N. The number of aliphatic hydroxyl groups is 1. The number of hydrogen-bond acceptors (Lipinski definition) is 6. The first-order valence-electron chi connectivity index (χ1n) is 5.46. The molecule has 0 radical (unpaired) electrons. The summed E-state index contributed by atoms with van der Waals surface area (Å²) in [5, 5.41) is 12.2. The zero-order chi connectivity index (χ0) is 12.7. The number of nitrogens with zero attached hydrogens (tertiary/aromatic N) is 1. The summed E-state index contributed by atoms with van der Waals surface area (Å²) in [5.74, 6) is 0.991. The highest BCUT2D eigenvalue weighted by molar-refractivity contribution is 5.53. The van der Waals surface area contributed by atoms with Crippen LogP contribution >= 0.6 is 0 Å². The average molecular weight is 241 g/mol. The van der Waals surface area contributed by atoms with E-state index in [2.05, 4.69) is 10.3 Å². The summed E-state index contributed by atoms with van der Waals surface area (Å²) < 4.78 is 10.2. The van der Waals surface area contributed by atoms with Crippen LogP contribution in [-0.2, 0) is 4.74 Å². The molecule has 96 valence electrons. The molecular formula is C11H19N3O3. The molecule has 0 bridgehead atoms. The van der Waals surface area contributed by atoms with Crippen molar-refractivity contribution >= 4 is 11.5 Å². The largest absolute Gasteiger partial charge is 0.476 e. The maximum absolute atomic E-state index is 9.12. The molecule has 0 amide bonds. The highest BCUT2D eigenvalue weighted by atomic mass is 16.5. The average Bonchev–Trinajstić information content (AvgIpc) is 2.33. The van der Waals surface area contributed by atoms with Gasteiger partial charge in [0, 0.05) is 7.11 Å². The maximum Gasteiger partial charge on any atom is 0.239 e. The van der Waals surface area contributed by atoms with E-state index in [9.17, 15) is 0 Å². The van der Waals surface area contributed by atoms with Gasteiger partial charge in [0.05, 0.1) is 31.5 Å². The molecule has 1 aromatic rings. The molecule has 0 aliphatic heterocycles. The summed E-state index contributed by atoms with van der Waals surface area (Å²) in [7, 11) is 1.58. The summed E-state index contributed by atoms with van der Waals surface area (Å²) >= 11 is 0. The van der Waals surface area contributed by atoms with Crippen LogP contribution in [0.3, 0.4) is 0 Å². The van der Waals surface area contributed by atoms with Crippen molar-refractivity contribution in [2.75, 3.05) is 38.0 Å². The standard InChI is InChI=1S/C11H19N3O3/c1-3-17-11-9(12)4-5-10(14-11)13-8(6-15)7-16-2/h4-5,8,15H,3,6-7,12H2,1-2H3,(H,13,14). The van der Waals surface area contributed by atoms with Crippen LogP contribution in [0.25, 0.3) is 0 Å². The number of aromatic nitrogens is 1. The number of aliphatic hydroxyl groups excluding tert-OH is 1. The van der Waals surface area contributed by atoms with Crippen LogP contribution in [0.15, 0.2) is 12.1 Å². The van der Waals surface area contributed by atoms with Crippen LogP contribution in [0.5, 0.6) is 5.88 Å². The van der Waals surface area contributed by atoms with Crippen molar-refractivity contribution in [1.29, 1.82) is 0 Å². The predicted molar refractivity (Wildman–Crippen MR) is 66.2 cm³/mol. The van der Waals surface area contributed by atoms with Gasteiger partial charge in [-0.3, -0.25) is 0 Å². The summed E-state index contributed by atoms with van der Waals surface area (Å²) in [6.45, 7) is 2.72. The van der Waals surface area contributed by atoms with E-state index < -0.39 is 0 Å². The highest BCUT2D eigenvalue weighted by Gasteiger charge is 2.09. The minimum Gasteiger partial charge on any atom is -0.476 e. The monoisotopic (exact) mass is 241 g/mol. The third kappa shape index (κ3) is 4.08. The first-order chi connectivity index (χ1) is 8.21. The van der Waals surface area contributed by atoms with Crippen molar-refractivity contribution in [3.63, 3.8) is 0 Å². The van der Waals surface area contributed by atoms with E-state index in [1.54, 1.807) is 19.2 Å². The number of hydrogen-bond donors (Lipinski definition) is 3. The van der Waals surface area contributed by atoms with Crippen LogP contribution in [0.2, 0.25) is 0 Å². The number of rotatable bonds is 7. The number of nitrogens with one attached hydrogen (secondary N) is 1. The Kier molecular flexibility index (Phi) is 5.51. The van der Waals surface area contributed by atoms with Gasteiger partial charge in [-0.2, -0.15) is 4.98 Å². The van der Waals surface area contributed by atoms with Gasteiger partial charge in [0.1, 0.15) is 5.82 Å². The lowest BCUT2D eigenvalue weighted by Crippen LogP contribution is -2.29. The van der Waals surface area contributed by atoms with Crippen LogP contribution in [0.1, 0.15) is 6.92 Å². The number of ether oxygens (including phenoxy) is 2. The van der Waals surface area contributed by atoms with Crippen molar-refractivity contribution in [1.82, 2.24) is 4.98 Å². The van der Waals surface area contributed by atoms with Gasteiger partial charge in [-0.25, -0.2) is 0 Å². The molecule has 0 aromatic carbocycles. The van der Waals surface area contributed by atoms with Gasteiger partial charge in [-0.15, -0.1) is 0 Å². The molecule has 6 heteroatoms. The van der Waals surface area contributed by atoms with Crippen LogP contribution in [0.4, 0.5) is 11.5 Å². The number of nitrogens with two attached hydrogens (primary N) is 1. The Labute approximate surface area is 101 Å². The lowest BCUT2D eigenvalue weighted by molar-refractivity contribution is 0.153. The Morgan fingerprint density at radius 3 is 2.88 bits per heavy atom. The second-order valence-electron chi connectivity index (χ2n) is 3.50. The molecule has 0 saturated heterocycles. The molecule has 1 aromatic heterocycles. The van der Waals surface area contributed by atoms with Gasteiger partial charge in [-0.1, -0.05) is 0 Å². The molecule has 1 heterocycles. The zero-order valence-electron chi connectivity index (χ0n) is 10.1. The Morgan fingerprint density at radius 2 is 2.29 bits per heavy atom. The summed E-state index contributed by atoms with van der Waals surface area (Å²) in [6.07, 6.45) is 0. The minimum absolute atomic E-state index is 0.0378. The van der Waals surface area contributed by atoms with Crippen molar-refractivity contribution in [3.05, 3.63) is 12.1 Å². The van der Waals surface area contributed by atoms with E-state index >= 15 is 0 Å². The lowest BCUT2D eigenvalue weighted by atomic mass is 10.3. The van der Waals surface area contributed by atoms with E-state index in [4.69, 9.17) is 20.3 Å². The number of nitrogen functional groups attached to an aromatic ring is 1. The van der Waals surface area contributed by atoms with Gasteiger partial charge in [0.2, 0.25) is 5.88 Å². The predicted octanol–water partition coefficient (Wildman–Crippen LogP) is 0.482. The van der Waals surface area contributed by atoms with Crippen molar-refractivity contribution < 1.29 is 14.6 Å². The van der Waals surface area contributed by atoms with Crippen molar-refractivity contribution in [2.24, 2.45) is 0 Å². The van der Waals surface area contributed by atoms with E-state index in [1.165, 1.54) is 0 Å². The van der Waals surface area contributed by atoms with Crippen molar-refractivity contribution in [2.45, 2.75) is 13.0 Å². The van der Waals surface area contributed by atoms with Gasteiger partial charge in [0.15, 0.2) is 0 Å². The number of pyridine rings is 1. The van der Waals surface area contributed by atoms with Crippen LogP contribution < -0.4 is 15.8 Å². The number of anilines is 2. The van der Waals surface area contributed by atoms with E-state index in [0.717, 1.165) is 0 Å². The lowest BCUT2D eigenvalue weighted by Gasteiger charge is -2.16. The quantitative estimate of drug-likeness (QED) is 0.643. The summed E-state index contributed by atoms with van der Waals surface area (Å²) in [6, 6.07) is 3.24. The van der Waals surface area contributed by atoms with E-state index in [-0.39, 0.29) is 12.6 Å². The molecule has 4 N–H and O–H groups in total. The molecule has 0 saturated carbocycles. The fraction of sp³-hybridized carbons (Fsp3) is 0.545. The van der Waals surface area contributed by atoms with E-state index in [0.29, 0.717) is 30.6 Å². The molecule has 1 rings (SSSR count). The Hall–Kier alpha value is -1.53. The molecule has 0 fully saturated rings. The molecule has 0 aliphatic rings. The topological polar surface area (TPSA) is 89.6 Å². The summed E-state index contributed by atoms with van der Waals surface area (Å²) in [5.41, 5.74) is 6.20. The second kappa shape index (κ2) is 6.93. The first kappa shape index (κ1) is 13.5. The normalized spacial score (nSPS) is 12.2. The van der Waals surface area contributed by atoms with Gasteiger partial charge < -0.3 is 25.6 Å². The Bertz CT molecular complexity index is 347. The zero-order valence-corrected chi connectivity index (χ0v) is 10.1. The maximum atomic E-state index is 9.12. The van der Waals surface area contributed by atoms with Gasteiger partial charge >= 0.3 is 0 Å². The molecule has 1 unspecified atom stereocenters. The fourth-order valence-corrected chi connectivity index (χ4v) is 1.33.